The number of benzene rings is 1. The van der Waals surface area contributed by atoms with E-state index in [9.17, 15) is 9.18 Å². The van der Waals surface area contributed by atoms with Crippen LogP contribution in [0.3, 0.4) is 0 Å². The van der Waals surface area contributed by atoms with E-state index in [2.05, 4.69) is 5.32 Å². The second-order valence-electron chi connectivity index (χ2n) is 3.99. The zero-order valence-corrected chi connectivity index (χ0v) is 10.8. The zero-order valence-electron chi connectivity index (χ0n) is 9.94. The van der Waals surface area contributed by atoms with E-state index in [1.807, 2.05) is 0 Å². The zero-order chi connectivity index (χ0) is 12.1. The number of nitrogens with two attached hydrogens (primary N) is 1. The number of amides is 1. The number of nitrogens with one attached hydrogen (secondary N) is 1. The molecule has 5 heteroatoms. The maximum Gasteiger partial charge on any atom is 0.224 e. The predicted octanol–water partition coefficient (Wildman–Crippen LogP) is 1.85. The van der Waals surface area contributed by atoms with Crippen molar-refractivity contribution in [3.63, 3.8) is 0 Å². The maximum absolute atomic E-state index is 12.6. The van der Waals surface area contributed by atoms with Crippen molar-refractivity contribution in [3.8, 4) is 0 Å². The van der Waals surface area contributed by atoms with Crippen molar-refractivity contribution in [3.05, 3.63) is 35.6 Å². The first-order chi connectivity index (χ1) is 7.50. The average Bonchev–Trinajstić information content (AvgIpc) is 2.26. The molecule has 1 aromatic carbocycles. The van der Waals surface area contributed by atoms with E-state index < -0.39 is 0 Å². The van der Waals surface area contributed by atoms with Gasteiger partial charge >= 0.3 is 0 Å². The Morgan fingerprint density at radius 1 is 1.35 bits per heavy atom. The summed E-state index contributed by atoms with van der Waals surface area (Å²) in [5.74, 6) is -0.584. The number of hydrogen-bond acceptors (Lipinski definition) is 2. The summed E-state index contributed by atoms with van der Waals surface area (Å²) in [5, 5.41) is 2.76. The monoisotopic (exact) mass is 260 g/mol. The van der Waals surface area contributed by atoms with E-state index in [0.29, 0.717) is 6.54 Å². The minimum absolute atomic E-state index is 0. The van der Waals surface area contributed by atoms with Crippen LogP contribution in [0.5, 0.6) is 0 Å². The number of carbonyl (C=O) groups is 1. The first-order valence-electron chi connectivity index (χ1n) is 5.28. The lowest BCUT2D eigenvalue weighted by Crippen LogP contribution is -2.38. The van der Waals surface area contributed by atoms with E-state index in [1.54, 1.807) is 26.0 Å². The molecule has 0 saturated heterocycles. The fraction of sp³-hybridized carbons (Fsp3) is 0.417. The SMILES string of the molecule is CC(N)C(C)C(=O)NCc1ccc(F)cc1.Cl. The van der Waals surface area contributed by atoms with Crippen molar-refractivity contribution in [1.29, 1.82) is 0 Å². The van der Waals surface area contributed by atoms with Crippen molar-refractivity contribution in [2.45, 2.75) is 26.4 Å². The van der Waals surface area contributed by atoms with Crippen molar-refractivity contribution in [2.24, 2.45) is 11.7 Å². The third-order valence-corrected chi connectivity index (χ3v) is 2.58. The molecule has 0 radical (unpaired) electrons. The molecule has 96 valence electrons. The van der Waals surface area contributed by atoms with E-state index in [1.165, 1.54) is 12.1 Å². The number of rotatable bonds is 4. The second kappa shape index (κ2) is 7.25. The van der Waals surface area contributed by atoms with Gasteiger partial charge in [0.2, 0.25) is 5.91 Å². The Bertz CT molecular complexity index is 354. The van der Waals surface area contributed by atoms with Crippen LogP contribution in [0.25, 0.3) is 0 Å². The molecular weight excluding hydrogens is 243 g/mol. The molecular formula is C12H18ClFN2O. The maximum atomic E-state index is 12.6. The van der Waals surface area contributed by atoms with Gasteiger partial charge in [-0.15, -0.1) is 12.4 Å². The molecule has 0 heterocycles. The highest BCUT2D eigenvalue weighted by atomic mass is 35.5. The number of halogens is 2. The summed E-state index contributed by atoms with van der Waals surface area (Å²) in [4.78, 5) is 11.6. The number of carbonyl (C=O) groups excluding carboxylic acids is 1. The van der Waals surface area contributed by atoms with Crippen molar-refractivity contribution >= 4 is 18.3 Å². The first kappa shape index (κ1) is 15.9. The van der Waals surface area contributed by atoms with Gasteiger partial charge in [0.25, 0.3) is 0 Å². The van der Waals surface area contributed by atoms with Gasteiger partial charge in [0.05, 0.1) is 0 Å². The van der Waals surface area contributed by atoms with Gasteiger partial charge in [-0.25, -0.2) is 4.39 Å². The summed E-state index contributed by atoms with van der Waals surface area (Å²) >= 11 is 0. The minimum atomic E-state index is -0.279. The summed E-state index contributed by atoms with van der Waals surface area (Å²) in [6.45, 7) is 3.98. The van der Waals surface area contributed by atoms with Gasteiger partial charge in [0.1, 0.15) is 5.82 Å². The summed E-state index contributed by atoms with van der Waals surface area (Å²) in [6.07, 6.45) is 0. The van der Waals surface area contributed by atoms with Crippen LogP contribution >= 0.6 is 12.4 Å². The van der Waals surface area contributed by atoms with Crippen molar-refractivity contribution < 1.29 is 9.18 Å². The minimum Gasteiger partial charge on any atom is -0.352 e. The Balaban J connectivity index is 0.00000256. The molecule has 2 atom stereocenters. The van der Waals surface area contributed by atoms with Crippen LogP contribution in [-0.4, -0.2) is 11.9 Å². The molecule has 1 amide bonds. The van der Waals surface area contributed by atoms with Gasteiger partial charge in [0.15, 0.2) is 0 Å². The van der Waals surface area contributed by atoms with Crippen LogP contribution in [0.15, 0.2) is 24.3 Å². The van der Waals surface area contributed by atoms with E-state index >= 15 is 0 Å². The topological polar surface area (TPSA) is 55.1 Å². The molecule has 0 aliphatic rings. The van der Waals surface area contributed by atoms with Crippen LogP contribution in [-0.2, 0) is 11.3 Å². The third kappa shape index (κ3) is 5.15. The van der Waals surface area contributed by atoms with Gasteiger partial charge in [-0.2, -0.15) is 0 Å². The summed E-state index contributed by atoms with van der Waals surface area (Å²) in [7, 11) is 0. The van der Waals surface area contributed by atoms with Crippen molar-refractivity contribution in [2.75, 3.05) is 0 Å². The highest BCUT2D eigenvalue weighted by molar-refractivity contribution is 5.85. The fourth-order valence-corrected chi connectivity index (χ4v) is 1.19. The molecule has 0 aliphatic carbocycles. The molecule has 0 fully saturated rings. The molecule has 3 N–H and O–H groups in total. The molecule has 0 aromatic heterocycles. The highest BCUT2D eigenvalue weighted by Gasteiger charge is 2.16. The molecule has 2 unspecified atom stereocenters. The molecule has 1 aromatic rings. The largest absolute Gasteiger partial charge is 0.352 e. The predicted molar refractivity (Wildman–Crippen MR) is 68.3 cm³/mol. The normalized spacial score (nSPS) is 13.4. The van der Waals surface area contributed by atoms with Crippen molar-refractivity contribution in [1.82, 2.24) is 5.32 Å². The molecule has 0 aliphatic heterocycles. The lowest BCUT2D eigenvalue weighted by Gasteiger charge is -2.15. The first-order valence-corrected chi connectivity index (χ1v) is 5.28. The van der Waals surface area contributed by atoms with Crippen LogP contribution in [0.4, 0.5) is 4.39 Å². The van der Waals surface area contributed by atoms with Crippen LogP contribution in [0, 0.1) is 11.7 Å². The van der Waals surface area contributed by atoms with Gasteiger partial charge in [-0.1, -0.05) is 19.1 Å². The second-order valence-corrected chi connectivity index (χ2v) is 3.99. The molecule has 0 bridgehead atoms. The van der Waals surface area contributed by atoms with Gasteiger partial charge in [-0.3, -0.25) is 4.79 Å². The fourth-order valence-electron chi connectivity index (χ4n) is 1.19. The molecule has 17 heavy (non-hydrogen) atoms. The Morgan fingerprint density at radius 3 is 2.35 bits per heavy atom. The molecule has 3 nitrogen and oxygen atoms in total. The quantitative estimate of drug-likeness (QED) is 0.868. The summed E-state index contributed by atoms with van der Waals surface area (Å²) in [6, 6.07) is 5.86. The summed E-state index contributed by atoms with van der Waals surface area (Å²) in [5.41, 5.74) is 6.48. The van der Waals surface area contributed by atoms with Gasteiger partial charge < -0.3 is 11.1 Å². The lowest BCUT2D eigenvalue weighted by molar-refractivity contribution is -0.125. The Hall–Kier alpha value is -1.13. The van der Waals surface area contributed by atoms with Crippen LogP contribution in [0.2, 0.25) is 0 Å². The third-order valence-electron chi connectivity index (χ3n) is 2.58. The Labute approximate surface area is 107 Å². The van der Waals surface area contributed by atoms with Crippen LogP contribution in [0.1, 0.15) is 19.4 Å². The molecule has 0 spiro atoms. The molecule has 0 saturated carbocycles. The van der Waals surface area contributed by atoms with Crippen LogP contribution < -0.4 is 11.1 Å². The summed E-state index contributed by atoms with van der Waals surface area (Å²) < 4.78 is 12.6. The van der Waals surface area contributed by atoms with E-state index in [4.69, 9.17) is 5.73 Å². The Morgan fingerprint density at radius 2 is 1.88 bits per heavy atom. The van der Waals surface area contributed by atoms with Gasteiger partial charge in [-0.05, 0) is 24.6 Å². The average molecular weight is 261 g/mol. The van der Waals surface area contributed by atoms with E-state index in [0.717, 1.165) is 5.56 Å². The number of hydrogen-bond donors (Lipinski definition) is 2. The lowest BCUT2D eigenvalue weighted by atomic mass is 10.0. The molecule has 1 rings (SSSR count). The van der Waals surface area contributed by atoms with E-state index in [-0.39, 0.29) is 36.1 Å². The highest BCUT2D eigenvalue weighted by Crippen LogP contribution is 2.04. The van der Waals surface area contributed by atoms with Gasteiger partial charge in [0, 0.05) is 18.5 Å². The smallest absolute Gasteiger partial charge is 0.224 e. The standard InChI is InChI=1S/C12H17FN2O.ClH/c1-8(9(2)14)12(16)15-7-10-3-5-11(13)6-4-10;/h3-6,8-9H,7,14H2,1-2H3,(H,15,16);1H. The Kier molecular flexibility index (Phi) is 6.76.